The Balaban J connectivity index is 1.42. The summed E-state index contributed by atoms with van der Waals surface area (Å²) in [7, 11) is 0. The second kappa shape index (κ2) is 11.2. The molecule has 196 valence electrons. The van der Waals surface area contributed by atoms with Crippen LogP contribution in [0.1, 0.15) is 59.4 Å². The third-order valence-corrected chi connectivity index (χ3v) is 7.63. The van der Waals surface area contributed by atoms with Crippen molar-refractivity contribution in [2.45, 2.75) is 52.2 Å². The number of aryl methyl sites for hydroxylation is 2. The normalized spacial score (nSPS) is 17.0. The predicted molar refractivity (Wildman–Crippen MR) is 153 cm³/mol. The van der Waals surface area contributed by atoms with Crippen molar-refractivity contribution in [1.82, 2.24) is 19.8 Å². The molecule has 8 heteroatoms. The average Bonchev–Trinajstić information content (AvgIpc) is 3.63. The molecule has 38 heavy (non-hydrogen) atoms. The maximum atomic E-state index is 13.0. The van der Waals surface area contributed by atoms with Gasteiger partial charge in [0.05, 0.1) is 30.6 Å². The van der Waals surface area contributed by atoms with Crippen molar-refractivity contribution in [3.05, 3.63) is 107 Å². The molecule has 1 aliphatic heterocycles. The highest BCUT2D eigenvalue weighted by molar-refractivity contribution is 7.80. The first-order chi connectivity index (χ1) is 18.5. The number of pyridine rings is 1. The number of benzene rings is 1. The largest absolute Gasteiger partial charge is 0.467 e. The number of carbonyl (C=O) groups excluding carboxylic acids is 1. The lowest BCUT2D eigenvalue weighted by Gasteiger charge is -2.28. The molecule has 0 saturated carbocycles. The van der Waals surface area contributed by atoms with Crippen LogP contribution in [-0.4, -0.2) is 32.0 Å². The van der Waals surface area contributed by atoms with Crippen molar-refractivity contribution in [2.24, 2.45) is 0 Å². The van der Waals surface area contributed by atoms with E-state index in [9.17, 15) is 4.79 Å². The number of aromatic nitrogens is 2. The highest BCUT2D eigenvalue weighted by Crippen LogP contribution is 2.41. The second-order valence-corrected chi connectivity index (χ2v) is 10.0. The summed E-state index contributed by atoms with van der Waals surface area (Å²) >= 11 is 5.83. The van der Waals surface area contributed by atoms with Crippen LogP contribution in [0.4, 0.5) is 5.69 Å². The highest BCUT2D eigenvalue weighted by Gasteiger charge is 2.41. The van der Waals surface area contributed by atoms with Crippen LogP contribution in [-0.2, 0) is 17.8 Å². The monoisotopic (exact) mass is 527 g/mol. The number of hydrogen-bond acceptors (Lipinski definition) is 4. The van der Waals surface area contributed by atoms with Gasteiger partial charge in [-0.3, -0.25) is 9.78 Å². The van der Waals surface area contributed by atoms with E-state index >= 15 is 0 Å². The molecular weight excluding hydrogens is 494 g/mol. The van der Waals surface area contributed by atoms with Crippen molar-refractivity contribution in [3.63, 3.8) is 0 Å². The van der Waals surface area contributed by atoms with Crippen LogP contribution in [0.15, 0.2) is 77.5 Å². The Morgan fingerprint density at radius 1 is 1.13 bits per heavy atom. The summed E-state index contributed by atoms with van der Waals surface area (Å²) in [4.78, 5) is 19.8. The van der Waals surface area contributed by atoms with E-state index in [1.807, 2.05) is 54.6 Å². The number of para-hydroxylation sites is 1. The first-order valence-corrected chi connectivity index (χ1v) is 13.4. The summed E-state index contributed by atoms with van der Waals surface area (Å²) in [5, 5.41) is 7.22. The third kappa shape index (κ3) is 5.22. The quantitative estimate of drug-likeness (QED) is 0.272. The lowest BCUT2D eigenvalue weighted by Crippen LogP contribution is -2.33. The van der Waals surface area contributed by atoms with Gasteiger partial charge >= 0.3 is 0 Å². The molecule has 1 aliphatic rings. The number of thiocarbonyl (C=S) groups is 1. The van der Waals surface area contributed by atoms with Gasteiger partial charge in [0.2, 0.25) is 5.91 Å². The van der Waals surface area contributed by atoms with Gasteiger partial charge in [0.15, 0.2) is 5.11 Å². The fraction of sp³-hybridized carbons (Fsp3) is 0.300. The Morgan fingerprint density at radius 2 is 1.95 bits per heavy atom. The second-order valence-electron chi connectivity index (χ2n) is 9.62. The summed E-state index contributed by atoms with van der Waals surface area (Å²) in [6.45, 7) is 7.47. The summed E-state index contributed by atoms with van der Waals surface area (Å²) in [5.74, 6) is 0.873. The highest BCUT2D eigenvalue weighted by atomic mass is 32.1. The van der Waals surface area contributed by atoms with Crippen molar-refractivity contribution in [3.8, 4) is 0 Å². The zero-order valence-corrected chi connectivity index (χ0v) is 22.8. The number of nitrogens with one attached hydrogen (secondary N) is 2. The maximum Gasteiger partial charge on any atom is 0.226 e. The molecular formula is C30H33N5O2S. The first kappa shape index (κ1) is 25.7. The van der Waals surface area contributed by atoms with Crippen LogP contribution in [0.25, 0.3) is 0 Å². The molecule has 2 N–H and O–H groups in total. The molecule has 3 aromatic heterocycles. The number of carbonyl (C=O) groups is 1. The van der Waals surface area contributed by atoms with Crippen LogP contribution in [0.3, 0.4) is 0 Å². The van der Waals surface area contributed by atoms with Gasteiger partial charge in [-0.25, -0.2) is 0 Å². The Hall–Kier alpha value is -3.91. The fourth-order valence-corrected chi connectivity index (χ4v) is 5.63. The Bertz CT molecular complexity index is 1410. The van der Waals surface area contributed by atoms with Gasteiger partial charge in [0.25, 0.3) is 0 Å². The van der Waals surface area contributed by atoms with Crippen LogP contribution < -0.4 is 10.6 Å². The zero-order chi connectivity index (χ0) is 26.6. The fourth-order valence-electron chi connectivity index (χ4n) is 5.30. The summed E-state index contributed by atoms with van der Waals surface area (Å²) in [6, 6.07) is 19.7. The van der Waals surface area contributed by atoms with E-state index in [4.69, 9.17) is 16.6 Å². The van der Waals surface area contributed by atoms with E-state index in [1.54, 1.807) is 12.5 Å². The number of anilines is 1. The Kier molecular flexibility index (Phi) is 7.60. The van der Waals surface area contributed by atoms with Gasteiger partial charge in [-0.2, -0.15) is 0 Å². The molecule has 0 aliphatic carbocycles. The molecule has 4 aromatic rings. The number of rotatable bonds is 9. The van der Waals surface area contributed by atoms with Crippen LogP contribution >= 0.6 is 12.2 Å². The zero-order valence-electron chi connectivity index (χ0n) is 22.0. The van der Waals surface area contributed by atoms with Crippen molar-refractivity contribution >= 4 is 28.9 Å². The van der Waals surface area contributed by atoms with E-state index in [2.05, 4.69) is 51.9 Å². The van der Waals surface area contributed by atoms with Gasteiger partial charge in [-0.1, -0.05) is 31.2 Å². The number of hydrogen-bond donors (Lipinski definition) is 2. The van der Waals surface area contributed by atoms with Gasteiger partial charge in [0, 0.05) is 36.2 Å². The number of amides is 1. The molecule has 7 nitrogen and oxygen atoms in total. The van der Waals surface area contributed by atoms with Gasteiger partial charge in [0.1, 0.15) is 5.76 Å². The SMILES string of the molecule is CCc1ccccc1NC(=O)CCN1C(=S)N[C@@H](c2ccccn2)[C@H]1c1cc(C)n(Cc2ccco2)c1C. The molecule has 1 saturated heterocycles. The number of nitrogens with zero attached hydrogens (tertiary/aromatic N) is 3. The minimum Gasteiger partial charge on any atom is -0.467 e. The first-order valence-electron chi connectivity index (χ1n) is 13.0. The smallest absolute Gasteiger partial charge is 0.226 e. The maximum absolute atomic E-state index is 13.0. The Morgan fingerprint density at radius 3 is 2.68 bits per heavy atom. The summed E-state index contributed by atoms with van der Waals surface area (Å²) < 4.78 is 7.88. The van der Waals surface area contributed by atoms with Crippen molar-refractivity contribution in [2.75, 3.05) is 11.9 Å². The Labute approximate surface area is 228 Å². The van der Waals surface area contributed by atoms with E-state index in [1.165, 1.54) is 0 Å². The van der Waals surface area contributed by atoms with E-state index in [0.29, 0.717) is 24.6 Å². The molecule has 1 aromatic carbocycles. The predicted octanol–water partition coefficient (Wildman–Crippen LogP) is 5.70. The number of furan rings is 1. The molecule has 0 radical (unpaired) electrons. The third-order valence-electron chi connectivity index (χ3n) is 7.28. The minimum absolute atomic E-state index is 0.0305. The van der Waals surface area contributed by atoms with Crippen molar-refractivity contribution < 1.29 is 9.21 Å². The van der Waals surface area contributed by atoms with Crippen molar-refractivity contribution in [1.29, 1.82) is 0 Å². The van der Waals surface area contributed by atoms with Gasteiger partial charge in [-0.05, 0) is 80.0 Å². The van der Waals surface area contributed by atoms with E-state index in [-0.39, 0.29) is 18.0 Å². The topological polar surface area (TPSA) is 75.3 Å². The van der Waals surface area contributed by atoms with Gasteiger partial charge in [-0.15, -0.1) is 0 Å². The molecule has 0 unspecified atom stereocenters. The lowest BCUT2D eigenvalue weighted by molar-refractivity contribution is -0.116. The molecule has 1 amide bonds. The molecule has 2 atom stereocenters. The molecule has 1 fully saturated rings. The summed E-state index contributed by atoms with van der Waals surface area (Å²) in [6.07, 6.45) is 4.68. The average molecular weight is 528 g/mol. The molecule has 0 spiro atoms. The minimum atomic E-state index is -0.134. The molecule has 0 bridgehead atoms. The van der Waals surface area contributed by atoms with E-state index in [0.717, 1.165) is 46.1 Å². The summed E-state index contributed by atoms with van der Waals surface area (Å²) in [5.41, 5.74) is 6.35. The van der Waals surface area contributed by atoms with Crippen LogP contribution in [0, 0.1) is 13.8 Å². The standard InChI is InChI=1S/C30H33N5O2S/c1-4-22-10-5-6-12-25(22)32-27(36)14-16-34-29(28(33-30(34)38)26-13-7-8-15-31-26)24-18-20(2)35(21(24)3)19-23-11-9-17-37-23/h5-13,15,17-18,28-29H,4,14,16,19H2,1-3H3,(H,32,36)(H,33,38)/t28-,29+/m0/s1. The molecule has 4 heterocycles. The lowest BCUT2D eigenvalue weighted by atomic mass is 9.96. The van der Waals surface area contributed by atoms with Crippen LogP contribution in [0.2, 0.25) is 0 Å². The molecule has 5 rings (SSSR count). The van der Waals surface area contributed by atoms with E-state index < -0.39 is 0 Å². The van der Waals surface area contributed by atoms with Gasteiger partial charge < -0.3 is 24.5 Å². The van der Waals surface area contributed by atoms with Crippen LogP contribution in [0.5, 0.6) is 0 Å².